The Balaban J connectivity index is 2.26. The van der Waals surface area contributed by atoms with Gasteiger partial charge in [0.1, 0.15) is 0 Å². The second-order valence-corrected chi connectivity index (χ2v) is 4.35. The molecule has 0 aliphatic carbocycles. The van der Waals surface area contributed by atoms with Crippen LogP contribution in [0.3, 0.4) is 0 Å². The molecule has 1 aromatic rings. The van der Waals surface area contributed by atoms with Crippen molar-refractivity contribution in [1.29, 1.82) is 0 Å². The summed E-state index contributed by atoms with van der Waals surface area (Å²) in [6.07, 6.45) is 0.0411. The van der Waals surface area contributed by atoms with Crippen molar-refractivity contribution in [3.8, 4) is 0 Å². The fourth-order valence-corrected chi connectivity index (χ4v) is 1.90. The highest BCUT2D eigenvalue weighted by Crippen LogP contribution is 2.24. The number of anilines is 1. The molecular formula is C11H13F3N2O. The number of hydrogen-bond donors (Lipinski definition) is 1. The third-order valence-electron chi connectivity index (χ3n) is 3.09. The van der Waals surface area contributed by atoms with Gasteiger partial charge in [0, 0.05) is 19.2 Å². The van der Waals surface area contributed by atoms with Gasteiger partial charge in [0.2, 0.25) is 0 Å². The Hall–Kier alpha value is -1.30. The molecular weight excluding hydrogens is 233 g/mol. The van der Waals surface area contributed by atoms with E-state index in [1.54, 1.807) is 0 Å². The maximum atomic E-state index is 13.4. The molecule has 0 spiro atoms. The predicted molar refractivity (Wildman–Crippen MR) is 56.1 cm³/mol. The zero-order valence-electron chi connectivity index (χ0n) is 9.33. The predicted octanol–water partition coefficient (Wildman–Crippen LogP) is 1.71. The van der Waals surface area contributed by atoms with E-state index in [2.05, 4.69) is 4.98 Å². The molecule has 2 rings (SSSR count). The van der Waals surface area contributed by atoms with Crippen LogP contribution in [0.15, 0.2) is 6.07 Å². The first-order valence-electron chi connectivity index (χ1n) is 5.43. The van der Waals surface area contributed by atoms with Crippen molar-refractivity contribution in [2.75, 3.05) is 18.0 Å². The summed E-state index contributed by atoms with van der Waals surface area (Å²) in [6, 6.07) is 0.474. The van der Waals surface area contributed by atoms with Gasteiger partial charge < -0.3 is 10.0 Å². The van der Waals surface area contributed by atoms with Gasteiger partial charge in [-0.05, 0) is 12.3 Å². The molecule has 1 aliphatic heterocycles. The Labute approximate surface area is 96.9 Å². The minimum Gasteiger partial charge on any atom is -0.391 e. The summed E-state index contributed by atoms with van der Waals surface area (Å²) in [7, 11) is 0. The molecule has 2 heterocycles. The van der Waals surface area contributed by atoms with Crippen LogP contribution in [-0.4, -0.2) is 29.3 Å². The number of aliphatic hydroxyl groups excluding tert-OH is 1. The number of piperidine rings is 1. The van der Waals surface area contributed by atoms with Gasteiger partial charge in [-0.3, -0.25) is 0 Å². The maximum Gasteiger partial charge on any atom is 0.251 e. The van der Waals surface area contributed by atoms with E-state index in [0.29, 0.717) is 19.0 Å². The summed E-state index contributed by atoms with van der Waals surface area (Å²) in [5.74, 6) is -3.67. The number of pyridine rings is 1. The fourth-order valence-electron chi connectivity index (χ4n) is 1.90. The van der Waals surface area contributed by atoms with Crippen molar-refractivity contribution in [3.05, 3.63) is 23.6 Å². The first kappa shape index (κ1) is 12.2. The number of nitrogens with zero attached hydrogens (tertiary/aromatic N) is 2. The molecule has 0 radical (unpaired) electrons. The minimum absolute atomic E-state index is 0.111. The Morgan fingerprint density at radius 3 is 2.71 bits per heavy atom. The monoisotopic (exact) mass is 246 g/mol. The lowest BCUT2D eigenvalue weighted by Gasteiger charge is -2.35. The second kappa shape index (κ2) is 4.52. The molecule has 1 fully saturated rings. The molecule has 0 aromatic carbocycles. The molecule has 0 amide bonds. The van der Waals surface area contributed by atoms with Crippen LogP contribution in [0.1, 0.15) is 13.3 Å². The number of β-amino-alcohol motifs (C(OH)–C–C–N with tert-alkyl or cyclic N) is 1. The number of halogens is 3. The van der Waals surface area contributed by atoms with Crippen LogP contribution in [-0.2, 0) is 0 Å². The van der Waals surface area contributed by atoms with Crippen molar-refractivity contribution in [3.63, 3.8) is 0 Å². The SMILES string of the molecule is CC1CCN(c2nc(F)c(F)cc2F)CC1O. The highest BCUT2D eigenvalue weighted by atomic mass is 19.2. The Bertz CT molecular complexity index is 427. The molecule has 1 aliphatic rings. The molecule has 94 valence electrons. The van der Waals surface area contributed by atoms with Gasteiger partial charge in [0.15, 0.2) is 17.5 Å². The van der Waals surface area contributed by atoms with Crippen LogP contribution in [0.2, 0.25) is 0 Å². The van der Waals surface area contributed by atoms with Crippen LogP contribution in [0.25, 0.3) is 0 Å². The van der Waals surface area contributed by atoms with E-state index in [0.717, 1.165) is 0 Å². The zero-order valence-corrected chi connectivity index (χ0v) is 9.33. The summed E-state index contributed by atoms with van der Waals surface area (Å²) in [6.45, 7) is 2.53. The summed E-state index contributed by atoms with van der Waals surface area (Å²) in [5, 5.41) is 9.66. The van der Waals surface area contributed by atoms with Gasteiger partial charge in [-0.25, -0.2) is 8.78 Å². The second-order valence-electron chi connectivity index (χ2n) is 4.35. The Morgan fingerprint density at radius 2 is 2.06 bits per heavy atom. The first-order chi connectivity index (χ1) is 7.99. The number of hydrogen-bond acceptors (Lipinski definition) is 3. The van der Waals surface area contributed by atoms with Gasteiger partial charge in [0.25, 0.3) is 5.95 Å². The quantitative estimate of drug-likeness (QED) is 0.766. The number of aliphatic hydroxyl groups is 1. The van der Waals surface area contributed by atoms with Crippen LogP contribution < -0.4 is 4.90 Å². The van der Waals surface area contributed by atoms with Crippen molar-refractivity contribution in [2.45, 2.75) is 19.4 Å². The van der Waals surface area contributed by atoms with E-state index in [9.17, 15) is 18.3 Å². The van der Waals surface area contributed by atoms with Gasteiger partial charge in [-0.2, -0.15) is 9.37 Å². The smallest absolute Gasteiger partial charge is 0.251 e. The highest BCUT2D eigenvalue weighted by Gasteiger charge is 2.27. The average Bonchev–Trinajstić information content (AvgIpc) is 2.27. The molecule has 6 heteroatoms. The van der Waals surface area contributed by atoms with Gasteiger partial charge in [-0.15, -0.1) is 0 Å². The molecule has 2 unspecified atom stereocenters. The lowest BCUT2D eigenvalue weighted by Crippen LogP contribution is -2.43. The van der Waals surface area contributed by atoms with Crippen LogP contribution in [0.5, 0.6) is 0 Å². The van der Waals surface area contributed by atoms with E-state index in [-0.39, 0.29) is 18.3 Å². The van der Waals surface area contributed by atoms with E-state index in [4.69, 9.17) is 0 Å². The fraction of sp³-hybridized carbons (Fsp3) is 0.545. The Kier molecular flexibility index (Phi) is 3.24. The summed E-state index contributed by atoms with van der Waals surface area (Å²) >= 11 is 0. The summed E-state index contributed by atoms with van der Waals surface area (Å²) in [4.78, 5) is 4.69. The summed E-state index contributed by atoms with van der Waals surface area (Å²) < 4.78 is 39.1. The Morgan fingerprint density at radius 1 is 1.35 bits per heavy atom. The minimum atomic E-state index is -1.32. The van der Waals surface area contributed by atoms with Crippen molar-refractivity contribution >= 4 is 5.82 Å². The summed E-state index contributed by atoms with van der Waals surface area (Å²) in [5.41, 5.74) is 0. The van der Waals surface area contributed by atoms with E-state index in [1.165, 1.54) is 4.90 Å². The van der Waals surface area contributed by atoms with Crippen molar-refractivity contribution in [1.82, 2.24) is 4.98 Å². The zero-order chi connectivity index (χ0) is 12.6. The first-order valence-corrected chi connectivity index (χ1v) is 5.43. The lowest BCUT2D eigenvalue weighted by molar-refractivity contribution is 0.102. The van der Waals surface area contributed by atoms with Crippen molar-refractivity contribution < 1.29 is 18.3 Å². The molecule has 0 saturated carbocycles. The van der Waals surface area contributed by atoms with Crippen LogP contribution in [0, 0.1) is 23.5 Å². The topological polar surface area (TPSA) is 36.4 Å². The number of rotatable bonds is 1. The van der Waals surface area contributed by atoms with Crippen LogP contribution in [0.4, 0.5) is 19.0 Å². The largest absolute Gasteiger partial charge is 0.391 e. The van der Waals surface area contributed by atoms with Crippen molar-refractivity contribution in [2.24, 2.45) is 5.92 Å². The van der Waals surface area contributed by atoms with E-state index in [1.807, 2.05) is 6.92 Å². The third-order valence-corrected chi connectivity index (χ3v) is 3.09. The normalized spacial score (nSPS) is 25.1. The average molecular weight is 246 g/mol. The molecule has 1 saturated heterocycles. The molecule has 17 heavy (non-hydrogen) atoms. The van der Waals surface area contributed by atoms with E-state index < -0.39 is 23.7 Å². The highest BCUT2D eigenvalue weighted by molar-refractivity contribution is 5.40. The number of aromatic nitrogens is 1. The molecule has 3 nitrogen and oxygen atoms in total. The molecule has 0 bridgehead atoms. The van der Waals surface area contributed by atoms with E-state index >= 15 is 0 Å². The molecule has 1 N–H and O–H groups in total. The molecule has 2 atom stereocenters. The van der Waals surface area contributed by atoms with Gasteiger partial charge in [-0.1, -0.05) is 6.92 Å². The lowest BCUT2D eigenvalue weighted by atomic mass is 9.96. The van der Waals surface area contributed by atoms with Gasteiger partial charge >= 0.3 is 0 Å². The maximum absolute atomic E-state index is 13.4. The van der Waals surface area contributed by atoms with Gasteiger partial charge in [0.05, 0.1) is 6.10 Å². The van der Waals surface area contributed by atoms with Crippen LogP contribution >= 0.6 is 0 Å². The standard InChI is InChI=1S/C11H13F3N2O/c1-6-2-3-16(5-9(6)17)11-8(13)4-7(12)10(14)15-11/h4,6,9,17H,2-3,5H2,1H3. The third kappa shape index (κ3) is 2.36. The molecule has 1 aromatic heterocycles.